The lowest BCUT2D eigenvalue weighted by Gasteiger charge is -2.26. The van der Waals surface area contributed by atoms with E-state index in [9.17, 15) is 22.0 Å². The largest absolute Gasteiger partial charge is 0.489 e. The van der Waals surface area contributed by atoms with Crippen molar-refractivity contribution in [3.63, 3.8) is 0 Å². The van der Waals surface area contributed by atoms with Gasteiger partial charge in [0.05, 0.1) is 33.9 Å². The molecule has 2 unspecified atom stereocenters. The Morgan fingerprint density at radius 2 is 1.91 bits per heavy atom. The van der Waals surface area contributed by atoms with Crippen molar-refractivity contribution in [2.75, 3.05) is 18.9 Å². The van der Waals surface area contributed by atoms with Crippen LogP contribution >= 0.6 is 35.0 Å². The molecule has 1 saturated heterocycles. The van der Waals surface area contributed by atoms with Gasteiger partial charge in [-0.05, 0) is 55.0 Å². The number of aromatic nitrogens is 3. The molecule has 1 saturated carbocycles. The van der Waals surface area contributed by atoms with Gasteiger partial charge in [0.2, 0.25) is 10.0 Å². The van der Waals surface area contributed by atoms with Crippen LogP contribution in [0.5, 0.6) is 11.5 Å². The molecule has 0 amide bonds. The number of benzene rings is 1. The molecule has 46 heavy (non-hydrogen) atoms. The number of nitrogens with zero attached hydrogens (tertiary/aromatic N) is 4. The maximum absolute atomic E-state index is 13.8. The number of esters is 1. The van der Waals surface area contributed by atoms with Gasteiger partial charge in [0, 0.05) is 31.1 Å². The zero-order valence-electron chi connectivity index (χ0n) is 24.1. The normalized spacial score (nSPS) is 17.8. The fourth-order valence-electron chi connectivity index (χ4n) is 4.86. The molecule has 244 valence electrons. The number of halogens is 4. The smallest absolute Gasteiger partial charge is 0.387 e. The quantitative estimate of drug-likeness (QED) is 0.155. The monoisotopic (exact) mass is 714 g/mol. The molecule has 1 aromatic carbocycles. The van der Waals surface area contributed by atoms with E-state index < -0.39 is 34.1 Å². The zero-order valence-corrected chi connectivity index (χ0v) is 27.2. The Balaban J connectivity index is 1.31. The van der Waals surface area contributed by atoms with E-state index in [0.29, 0.717) is 40.5 Å². The van der Waals surface area contributed by atoms with Gasteiger partial charge >= 0.3 is 12.6 Å². The van der Waals surface area contributed by atoms with E-state index in [0.717, 1.165) is 35.1 Å². The topological polar surface area (TPSA) is 134 Å². The van der Waals surface area contributed by atoms with Gasteiger partial charge in [-0.25, -0.2) is 18.2 Å². The number of pyridine rings is 2. The molecule has 0 bridgehead atoms. The molecule has 2 atom stereocenters. The van der Waals surface area contributed by atoms with Crippen LogP contribution < -0.4 is 9.47 Å². The van der Waals surface area contributed by atoms with Crippen LogP contribution in [-0.2, 0) is 26.0 Å². The van der Waals surface area contributed by atoms with Crippen LogP contribution in [0.2, 0.25) is 10.0 Å². The van der Waals surface area contributed by atoms with E-state index >= 15 is 0 Å². The summed E-state index contributed by atoms with van der Waals surface area (Å²) in [6.45, 7) is -1.09. The molecule has 17 heteroatoms. The van der Waals surface area contributed by atoms with Crippen LogP contribution in [0.25, 0.3) is 11.1 Å². The number of fused-ring (bicyclic) bond motifs is 1. The number of thioether (sulfide) groups is 1. The van der Waals surface area contributed by atoms with Crippen molar-refractivity contribution in [1.29, 1.82) is 0 Å². The van der Waals surface area contributed by atoms with E-state index in [-0.39, 0.29) is 45.1 Å². The van der Waals surface area contributed by atoms with Crippen LogP contribution in [0.15, 0.2) is 52.3 Å². The number of rotatable bonds is 12. The first-order chi connectivity index (χ1) is 22.0. The summed E-state index contributed by atoms with van der Waals surface area (Å²) in [6, 6.07) is 5.62. The molecule has 2 aliphatic rings. The molecule has 0 N–H and O–H groups in total. The summed E-state index contributed by atoms with van der Waals surface area (Å²) in [5.74, 6) is -0.346. The Hall–Kier alpha value is -3.24. The van der Waals surface area contributed by atoms with Crippen LogP contribution in [0.4, 0.5) is 8.78 Å². The van der Waals surface area contributed by atoms with Gasteiger partial charge in [0.25, 0.3) is 5.71 Å². The SMILES string of the molecule is Cc1noc2ncc(S(=O)(=O)N3CCSC3C(=O)OC(Cc3c(Cl)cncc3Cl)c3ccc(OC(F)F)c(OCC4CC4)c3)cc12. The molecule has 1 aliphatic carbocycles. The second-order valence-corrected chi connectivity index (χ2v) is 14.6. The third-order valence-corrected chi connectivity index (χ3v) is 11.3. The summed E-state index contributed by atoms with van der Waals surface area (Å²) in [5, 5.41) is 3.43. The highest BCUT2D eigenvalue weighted by atomic mass is 35.5. The molecule has 0 radical (unpaired) electrons. The molecule has 2 fully saturated rings. The maximum Gasteiger partial charge on any atom is 0.387 e. The first-order valence-electron chi connectivity index (χ1n) is 14.1. The number of carbonyl (C=O) groups excluding carboxylic acids is 1. The lowest BCUT2D eigenvalue weighted by atomic mass is 10.0. The number of carbonyl (C=O) groups is 1. The number of sulfonamides is 1. The second kappa shape index (κ2) is 13.5. The van der Waals surface area contributed by atoms with Crippen molar-refractivity contribution in [1.82, 2.24) is 19.4 Å². The first kappa shape index (κ1) is 32.7. The summed E-state index contributed by atoms with van der Waals surface area (Å²) in [6.07, 6.45) is 4.72. The highest BCUT2D eigenvalue weighted by molar-refractivity contribution is 8.02. The number of aryl methyl sites for hydroxylation is 1. The highest BCUT2D eigenvalue weighted by Crippen LogP contribution is 2.39. The average molecular weight is 716 g/mol. The maximum atomic E-state index is 13.8. The summed E-state index contributed by atoms with van der Waals surface area (Å²) in [4.78, 5) is 21.7. The van der Waals surface area contributed by atoms with Gasteiger partial charge in [-0.1, -0.05) is 34.4 Å². The van der Waals surface area contributed by atoms with Gasteiger partial charge in [-0.3, -0.25) is 4.98 Å². The lowest BCUT2D eigenvalue weighted by Crippen LogP contribution is -2.40. The fourth-order valence-corrected chi connectivity index (χ4v) is 8.40. The molecule has 1 aliphatic heterocycles. The van der Waals surface area contributed by atoms with Gasteiger partial charge in [0.1, 0.15) is 11.0 Å². The van der Waals surface area contributed by atoms with Crippen molar-refractivity contribution >= 4 is 62.1 Å². The van der Waals surface area contributed by atoms with E-state index in [1.54, 1.807) is 6.92 Å². The van der Waals surface area contributed by atoms with Gasteiger partial charge in [-0.2, -0.15) is 13.1 Å². The average Bonchev–Trinajstić information content (AvgIpc) is 3.57. The van der Waals surface area contributed by atoms with E-state index in [4.69, 9.17) is 37.2 Å². The van der Waals surface area contributed by atoms with Crippen molar-refractivity contribution in [3.05, 3.63) is 69.7 Å². The molecule has 6 rings (SSSR count). The van der Waals surface area contributed by atoms with Gasteiger partial charge in [0.15, 0.2) is 16.9 Å². The Morgan fingerprint density at radius 3 is 2.63 bits per heavy atom. The lowest BCUT2D eigenvalue weighted by molar-refractivity contribution is -0.150. The summed E-state index contributed by atoms with van der Waals surface area (Å²) < 4.78 is 76.5. The van der Waals surface area contributed by atoms with E-state index in [1.165, 1.54) is 36.7 Å². The first-order valence-corrected chi connectivity index (χ1v) is 17.3. The molecule has 11 nitrogen and oxygen atoms in total. The summed E-state index contributed by atoms with van der Waals surface area (Å²) >= 11 is 13.9. The Morgan fingerprint density at radius 1 is 1.15 bits per heavy atom. The summed E-state index contributed by atoms with van der Waals surface area (Å²) in [5.41, 5.74) is 1.43. The molecular weight excluding hydrogens is 689 g/mol. The summed E-state index contributed by atoms with van der Waals surface area (Å²) in [7, 11) is -4.20. The van der Waals surface area contributed by atoms with Crippen LogP contribution in [-0.4, -0.2) is 64.7 Å². The Labute approximate surface area is 276 Å². The third-order valence-electron chi connectivity index (χ3n) is 7.47. The Kier molecular flexibility index (Phi) is 9.57. The van der Waals surface area contributed by atoms with Gasteiger partial charge in [-0.15, -0.1) is 11.8 Å². The van der Waals surface area contributed by atoms with Crippen molar-refractivity contribution in [2.24, 2.45) is 5.92 Å². The number of alkyl halides is 2. The molecule has 4 aromatic rings. The minimum Gasteiger partial charge on any atom is -0.489 e. The van der Waals surface area contributed by atoms with Crippen molar-refractivity contribution < 1.29 is 40.7 Å². The molecule has 0 spiro atoms. The number of hydrogen-bond donors (Lipinski definition) is 0. The van der Waals surface area contributed by atoms with Crippen molar-refractivity contribution in [3.8, 4) is 11.5 Å². The predicted octanol–water partition coefficient (Wildman–Crippen LogP) is 6.21. The standard InChI is InChI=1S/C29H26Cl2F2N4O7S2/c1-15-19-9-18(11-35-26(19)44-36-15)46(39,40)37-6-7-45-27(37)28(38)42-24(10-20-21(30)12-34-13-22(20)31)17-4-5-23(43-29(32)33)25(8-17)41-14-16-2-3-16/h4-5,8-9,11-13,16,24,27,29H,2-3,6-7,10,14H2,1H3. The molecule has 3 aromatic heterocycles. The predicted molar refractivity (Wildman–Crippen MR) is 165 cm³/mol. The minimum absolute atomic E-state index is 0.0406. The molecule has 4 heterocycles. The van der Waals surface area contributed by atoms with Crippen LogP contribution in [0.3, 0.4) is 0 Å². The van der Waals surface area contributed by atoms with Gasteiger partial charge < -0.3 is 18.7 Å². The van der Waals surface area contributed by atoms with E-state index in [1.807, 2.05) is 0 Å². The van der Waals surface area contributed by atoms with E-state index in [2.05, 4.69) is 19.9 Å². The van der Waals surface area contributed by atoms with Crippen LogP contribution in [0.1, 0.15) is 35.8 Å². The van der Waals surface area contributed by atoms with Crippen LogP contribution in [0, 0.1) is 12.8 Å². The fraction of sp³-hybridized carbons (Fsp3) is 0.379. The molecular formula is C29H26Cl2F2N4O7S2. The third kappa shape index (κ3) is 7.03. The minimum atomic E-state index is -4.20. The van der Waals surface area contributed by atoms with Crippen molar-refractivity contribution in [2.45, 2.75) is 49.2 Å². The number of ether oxygens (including phenoxy) is 3. The number of hydrogen-bond acceptors (Lipinski definition) is 11. The Bertz CT molecular complexity index is 1860. The zero-order chi connectivity index (χ0) is 32.6. The highest BCUT2D eigenvalue weighted by Gasteiger charge is 2.42. The second-order valence-electron chi connectivity index (χ2n) is 10.7.